The fourth-order valence-electron chi connectivity index (χ4n) is 0.704. The van der Waals surface area contributed by atoms with Crippen LogP contribution in [0.2, 0.25) is 0 Å². The van der Waals surface area contributed by atoms with Crippen molar-refractivity contribution in [1.29, 1.82) is 0 Å². The summed E-state index contributed by atoms with van der Waals surface area (Å²) < 4.78 is 1.84. The molecule has 0 aliphatic rings. The zero-order valence-electron chi connectivity index (χ0n) is 6.28. The highest BCUT2D eigenvalue weighted by Crippen LogP contribution is 1.74. The molecule has 0 aliphatic heterocycles. The zero-order chi connectivity index (χ0) is 7.40. The van der Waals surface area contributed by atoms with Crippen molar-refractivity contribution in [1.82, 2.24) is 4.98 Å². The molecule has 3 nitrogen and oxygen atoms in total. The predicted octanol–water partition coefficient (Wildman–Crippen LogP) is 0.321. The van der Waals surface area contributed by atoms with Gasteiger partial charge in [-0.15, -0.1) is 4.68 Å². The molecule has 1 rings (SSSR count). The Bertz CT molecular complexity index is 183. The van der Waals surface area contributed by atoms with E-state index in [4.69, 9.17) is 0 Å². The monoisotopic (exact) mass is 138 g/mol. The van der Waals surface area contributed by atoms with Gasteiger partial charge in [0.2, 0.25) is 0 Å². The van der Waals surface area contributed by atoms with Gasteiger partial charge in [-0.05, 0) is 13.8 Å². The van der Waals surface area contributed by atoms with E-state index in [9.17, 15) is 0 Å². The molecule has 0 fully saturated rings. The van der Waals surface area contributed by atoms with E-state index in [-0.39, 0.29) is 0 Å². The first-order chi connectivity index (χ1) is 4.79. The van der Waals surface area contributed by atoms with Crippen LogP contribution in [0.15, 0.2) is 24.8 Å². The van der Waals surface area contributed by atoms with Crippen molar-refractivity contribution in [2.75, 3.05) is 5.43 Å². The predicted molar refractivity (Wildman–Crippen MR) is 38.9 cm³/mol. The molecule has 0 saturated heterocycles. The highest BCUT2D eigenvalue weighted by molar-refractivity contribution is 4.70. The van der Waals surface area contributed by atoms with Crippen LogP contribution in [0.1, 0.15) is 13.8 Å². The van der Waals surface area contributed by atoms with E-state index in [1.165, 1.54) is 0 Å². The number of hydrogen-bond donors (Lipinski definition) is 1. The molecule has 1 N–H and O–H groups in total. The minimum atomic E-state index is 0.439. The second-order valence-corrected chi connectivity index (χ2v) is 2.45. The maximum absolute atomic E-state index is 3.94. The molecule has 3 heteroatoms. The van der Waals surface area contributed by atoms with Crippen LogP contribution >= 0.6 is 0 Å². The fraction of sp³-hybridized carbons (Fsp3) is 0.429. The standard InChI is InChI=1S/C7H12N3/c1-7(2)9-10-5-3-4-8-6-10/h3-7,9H,1-2H3/q+1. The zero-order valence-corrected chi connectivity index (χ0v) is 6.28. The lowest BCUT2D eigenvalue weighted by atomic mass is 10.4. The molecular formula is C7H12N3+. The minimum absolute atomic E-state index is 0.439. The molecular weight excluding hydrogens is 126 g/mol. The molecule has 10 heavy (non-hydrogen) atoms. The molecule has 0 unspecified atom stereocenters. The Morgan fingerprint density at radius 2 is 2.30 bits per heavy atom. The van der Waals surface area contributed by atoms with Gasteiger partial charge in [0, 0.05) is 6.07 Å². The Balaban J connectivity index is 2.59. The van der Waals surface area contributed by atoms with E-state index in [1.54, 1.807) is 12.5 Å². The Hall–Kier alpha value is -1.12. The minimum Gasteiger partial charge on any atom is -0.254 e. The molecule has 0 saturated carbocycles. The SMILES string of the molecule is CC(C)N[n+]1cccnc1. The van der Waals surface area contributed by atoms with Gasteiger partial charge in [-0.25, -0.2) is 0 Å². The third-order valence-corrected chi connectivity index (χ3v) is 1.02. The second kappa shape index (κ2) is 3.15. The van der Waals surface area contributed by atoms with Crippen LogP contribution in [-0.2, 0) is 0 Å². The Morgan fingerprint density at radius 1 is 1.50 bits per heavy atom. The third kappa shape index (κ3) is 2.01. The first kappa shape index (κ1) is 6.99. The molecule has 0 radical (unpaired) electrons. The van der Waals surface area contributed by atoms with E-state index >= 15 is 0 Å². The number of nitrogens with one attached hydrogen (secondary N) is 1. The van der Waals surface area contributed by atoms with E-state index in [2.05, 4.69) is 24.3 Å². The molecule has 0 spiro atoms. The van der Waals surface area contributed by atoms with Crippen molar-refractivity contribution in [3.63, 3.8) is 0 Å². The van der Waals surface area contributed by atoms with Crippen LogP contribution in [-0.4, -0.2) is 11.0 Å². The molecule has 0 atom stereocenters. The van der Waals surface area contributed by atoms with E-state index in [1.807, 2.05) is 16.9 Å². The molecule has 0 bridgehead atoms. The number of hydrogen-bond acceptors (Lipinski definition) is 2. The van der Waals surface area contributed by atoms with Crippen molar-refractivity contribution >= 4 is 0 Å². The van der Waals surface area contributed by atoms with Crippen molar-refractivity contribution in [3.05, 3.63) is 24.8 Å². The first-order valence-corrected chi connectivity index (χ1v) is 3.37. The number of rotatable bonds is 2. The normalized spacial score (nSPS) is 9.90. The molecule has 1 aromatic rings. The van der Waals surface area contributed by atoms with Gasteiger partial charge in [0.1, 0.15) is 12.4 Å². The van der Waals surface area contributed by atoms with E-state index in [0.29, 0.717) is 6.04 Å². The largest absolute Gasteiger partial charge is 0.308 e. The average molecular weight is 138 g/mol. The lowest BCUT2D eigenvalue weighted by Gasteiger charge is -2.04. The summed E-state index contributed by atoms with van der Waals surface area (Å²) in [5, 5.41) is 0. The summed E-state index contributed by atoms with van der Waals surface area (Å²) in [6, 6.07) is 2.32. The lowest BCUT2D eigenvalue weighted by Crippen LogP contribution is -2.48. The maximum Gasteiger partial charge on any atom is 0.308 e. The summed E-state index contributed by atoms with van der Waals surface area (Å²) in [5.74, 6) is 0. The molecule has 1 aromatic heterocycles. The topological polar surface area (TPSA) is 28.8 Å². The molecule has 1 heterocycles. The van der Waals surface area contributed by atoms with Crippen LogP contribution in [0.4, 0.5) is 0 Å². The van der Waals surface area contributed by atoms with Crippen LogP contribution in [0, 0.1) is 0 Å². The maximum atomic E-state index is 3.94. The van der Waals surface area contributed by atoms with Gasteiger partial charge in [0.25, 0.3) is 0 Å². The Morgan fingerprint density at radius 3 is 2.80 bits per heavy atom. The number of nitrogens with zero attached hydrogens (tertiary/aromatic N) is 2. The molecule has 54 valence electrons. The quantitative estimate of drug-likeness (QED) is 0.596. The lowest BCUT2D eigenvalue weighted by molar-refractivity contribution is -0.656. The van der Waals surface area contributed by atoms with Crippen LogP contribution < -0.4 is 10.1 Å². The Kier molecular flexibility index (Phi) is 2.20. The van der Waals surface area contributed by atoms with E-state index in [0.717, 1.165) is 0 Å². The van der Waals surface area contributed by atoms with Crippen LogP contribution in [0.5, 0.6) is 0 Å². The summed E-state index contributed by atoms with van der Waals surface area (Å²) in [5.41, 5.74) is 3.16. The smallest absolute Gasteiger partial charge is 0.254 e. The number of aromatic nitrogens is 2. The van der Waals surface area contributed by atoms with E-state index < -0.39 is 0 Å². The van der Waals surface area contributed by atoms with Gasteiger partial charge < -0.3 is 0 Å². The van der Waals surface area contributed by atoms with Gasteiger partial charge in [-0.1, -0.05) is 4.98 Å². The van der Waals surface area contributed by atoms with Crippen molar-refractivity contribution in [2.45, 2.75) is 19.9 Å². The van der Waals surface area contributed by atoms with Gasteiger partial charge in [0.05, 0.1) is 6.04 Å². The summed E-state index contributed by atoms with van der Waals surface area (Å²) >= 11 is 0. The highest BCUT2D eigenvalue weighted by Gasteiger charge is 1.95. The summed E-state index contributed by atoms with van der Waals surface area (Å²) in [7, 11) is 0. The summed E-state index contributed by atoms with van der Waals surface area (Å²) in [6.07, 6.45) is 5.41. The first-order valence-electron chi connectivity index (χ1n) is 3.37. The summed E-state index contributed by atoms with van der Waals surface area (Å²) in [6.45, 7) is 4.17. The van der Waals surface area contributed by atoms with Crippen LogP contribution in [0.3, 0.4) is 0 Å². The molecule has 0 amide bonds. The second-order valence-electron chi connectivity index (χ2n) is 2.45. The third-order valence-electron chi connectivity index (χ3n) is 1.02. The van der Waals surface area contributed by atoms with Gasteiger partial charge in [0.15, 0.2) is 0 Å². The molecule has 0 aromatic carbocycles. The van der Waals surface area contributed by atoms with Gasteiger partial charge in [-0.3, -0.25) is 5.43 Å². The highest BCUT2D eigenvalue weighted by atomic mass is 15.4. The van der Waals surface area contributed by atoms with Crippen LogP contribution in [0.25, 0.3) is 0 Å². The molecule has 0 aliphatic carbocycles. The summed E-state index contributed by atoms with van der Waals surface area (Å²) in [4.78, 5) is 3.94. The average Bonchev–Trinajstić information content (AvgIpc) is 1.88. The Labute approximate surface area is 60.7 Å². The van der Waals surface area contributed by atoms with Gasteiger partial charge in [-0.2, -0.15) is 0 Å². The van der Waals surface area contributed by atoms with Crippen molar-refractivity contribution < 1.29 is 4.68 Å². The fourth-order valence-corrected chi connectivity index (χ4v) is 0.704. The van der Waals surface area contributed by atoms with Crippen molar-refractivity contribution in [3.8, 4) is 0 Å². The van der Waals surface area contributed by atoms with Gasteiger partial charge >= 0.3 is 6.33 Å². The van der Waals surface area contributed by atoms with Crippen molar-refractivity contribution in [2.24, 2.45) is 0 Å².